The van der Waals surface area contributed by atoms with E-state index in [1.54, 1.807) is 12.1 Å². The molecule has 0 aromatic heterocycles. The Morgan fingerprint density at radius 2 is 1.81 bits per heavy atom. The summed E-state index contributed by atoms with van der Waals surface area (Å²) >= 11 is 0. The van der Waals surface area contributed by atoms with Gasteiger partial charge in [0.1, 0.15) is 5.75 Å². The molecule has 0 saturated heterocycles. The lowest BCUT2D eigenvalue weighted by molar-refractivity contribution is -0.139. The molecule has 0 heterocycles. The van der Waals surface area contributed by atoms with E-state index in [4.69, 9.17) is 0 Å². The van der Waals surface area contributed by atoms with Crippen molar-refractivity contribution in [2.75, 3.05) is 13.4 Å². The second-order valence-corrected chi connectivity index (χ2v) is 4.76. The number of benzene rings is 1. The smallest absolute Gasteiger partial charge is 0.309 e. The lowest BCUT2D eigenvalue weighted by Gasteiger charge is -2.04. The van der Waals surface area contributed by atoms with E-state index < -0.39 is 10.1 Å². The van der Waals surface area contributed by atoms with E-state index >= 15 is 0 Å². The fraction of sp³-hybridized carbons (Fsp3) is 0.300. The van der Waals surface area contributed by atoms with Crippen LogP contribution in [-0.2, 0) is 26.1 Å². The molecule has 0 radical (unpaired) electrons. The van der Waals surface area contributed by atoms with E-state index in [0.29, 0.717) is 0 Å². The molecule has 16 heavy (non-hydrogen) atoms. The van der Waals surface area contributed by atoms with Gasteiger partial charge in [-0.15, -0.1) is 0 Å². The minimum atomic E-state index is -3.51. The van der Waals surface area contributed by atoms with Gasteiger partial charge in [0.2, 0.25) is 0 Å². The zero-order valence-corrected chi connectivity index (χ0v) is 9.78. The topological polar surface area (TPSA) is 69.7 Å². The molecule has 88 valence electrons. The first-order valence-corrected chi connectivity index (χ1v) is 6.27. The van der Waals surface area contributed by atoms with Crippen molar-refractivity contribution in [3.63, 3.8) is 0 Å². The number of methoxy groups -OCH3 is 1. The van der Waals surface area contributed by atoms with Gasteiger partial charge in [0.15, 0.2) is 0 Å². The lowest BCUT2D eigenvalue weighted by atomic mass is 10.1. The molecular weight excluding hydrogens is 232 g/mol. The van der Waals surface area contributed by atoms with E-state index in [-0.39, 0.29) is 18.1 Å². The summed E-state index contributed by atoms with van der Waals surface area (Å²) in [5.74, 6) is -0.132. The number of ether oxygens (including phenoxy) is 1. The first kappa shape index (κ1) is 12.5. The summed E-state index contributed by atoms with van der Waals surface area (Å²) in [6, 6.07) is 6.19. The highest BCUT2D eigenvalue weighted by atomic mass is 32.2. The lowest BCUT2D eigenvalue weighted by Crippen LogP contribution is -2.06. The number of esters is 1. The third-order valence-corrected chi connectivity index (χ3v) is 2.24. The zero-order valence-electron chi connectivity index (χ0n) is 8.97. The van der Waals surface area contributed by atoms with Crippen molar-refractivity contribution >= 4 is 16.1 Å². The van der Waals surface area contributed by atoms with E-state index in [2.05, 4.69) is 8.92 Å². The molecule has 0 unspecified atom stereocenters. The zero-order chi connectivity index (χ0) is 12.2. The second-order valence-electron chi connectivity index (χ2n) is 3.18. The summed E-state index contributed by atoms with van der Waals surface area (Å²) in [4.78, 5) is 10.9. The molecule has 6 heteroatoms. The van der Waals surface area contributed by atoms with Crippen LogP contribution in [0, 0.1) is 0 Å². The molecule has 0 aliphatic heterocycles. The molecule has 0 spiro atoms. The molecule has 0 aliphatic carbocycles. The fourth-order valence-corrected chi connectivity index (χ4v) is 1.54. The summed E-state index contributed by atoms with van der Waals surface area (Å²) in [5, 5.41) is 0. The van der Waals surface area contributed by atoms with E-state index in [0.717, 1.165) is 11.8 Å². The summed E-state index contributed by atoms with van der Waals surface area (Å²) in [6.45, 7) is 0. The summed E-state index contributed by atoms with van der Waals surface area (Å²) in [5.41, 5.74) is 0.729. The van der Waals surface area contributed by atoms with Gasteiger partial charge in [-0.2, -0.15) is 8.42 Å². The van der Waals surface area contributed by atoms with Crippen LogP contribution >= 0.6 is 0 Å². The Hall–Kier alpha value is -1.56. The number of carbonyl (C=O) groups is 1. The molecule has 0 fully saturated rings. The molecule has 1 aromatic carbocycles. The van der Waals surface area contributed by atoms with Crippen molar-refractivity contribution in [2.45, 2.75) is 6.42 Å². The van der Waals surface area contributed by atoms with Gasteiger partial charge in [-0.1, -0.05) is 12.1 Å². The molecule has 0 atom stereocenters. The van der Waals surface area contributed by atoms with Gasteiger partial charge >= 0.3 is 16.1 Å². The summed E-state index contributed by atoms with van der Waals surface area (Å²) in [6.07, 6.45) is 1.12. The largest absolute Gasteiger partial charge is 0.469 e. The number of hydrogen-bond acceptors (Lipinski definition) is 5. The van der Waals surface area contributed by atoms with Gasteiger partial charge in [0.05, 0.1) is 19.8 Å². The first-order chi connectivity index (χ1) is 7.40. The van der Waals surface area contributed by atoms with Crippen LogP contribution < -0.4 is 4.18 Å². The van der Waals surface area contributed by atoms with Crippen LogP contribution in [0.5, 0.6) is 5.75 Å². The predicted molar refractivity (Wildman–Crippen MR) is 57.6 cm³/mol. The van der Waals surface area contributed by atoms with Crippen LogP contribution in [0.3, 0.4) is 0 Å². The van der Waals surface area contributed by atoms with Crippen molar-refractivity contribution in [1.29, 1.82) is 0 Å². The molecule has 0 amide bonds. The van der Waals surface area contributed by atoms with Crippen molar-refractivity contribution in [1.82, 2.24) is 0 Å². The van der Waals surface area contributed by atoms with Crippen molar-refractivity contribution in [3.8, 4) is 5.75 Å². The highest BCUT2D eigenvalue weighted by Gasteiger charge is 2.06. The monoisotopic (exact) mass is 244 g/mol. The maximum absolute atomic E-state index is 10.9. The van der Waals surface area contributed by atoms with Crippen LogP contribution in [0.1, 0.15) is 5.56 Å². The van der Waals surface area contributed by atoms with Gasteiger partial charge in [-0.25, -0.2) is 0 Å². The van der Waals surface area contributed by atoms with E-state index in [1.807, 2.05) is 0 Å². The van der Waals surface area contributed by atoms with Crippen LogP contribution in [0.15, 0.2) is 24.3 Å². The van der Waals surface area contributed by atoms with Crippen molar-refractivity contribution in [2.24, 2.45) is 0 Å². The van der Waals surface area contributed by atoms with Crippen molar-refractivity contribution < 1.29 is 22.1 Å². The Labute approximate surface area is 94.1 Å². The maximum atomic E-state index is 10.9. The second kappa shape index (κ2) is 4.98. The highest BCUT2D eigenvalue weighted by Crippen LogP contribution is 2.14. The standard InChI is InChI=1S/C10H12O5S/c1-14-10(11)7-8-3-5-9(6-4-8)15-16(2,12)13/h3-6H,7H2,1-2H3. The molecule has 0 N–H and O–H groups in total. The number of hydrogen-bond donors (Lipinski definition) is 0. The van der Waals surface area contributed by atoms with E-state index in [9.17, 15) is 13.2 Å². The van der Waals surface area contributed by atoms with Gasteiger partial charge in [-0.05, 0) is 17.7 Å². The Bertz CT molecular complexity index is 460. The Balaban J connectivity index is 2.72. The normalized spacial score (nSPS) is 10.9. The minimum Gasteiger partial charge on any atom is -0.469 e. The molecule has 1 rings (SSSR count). The van der Waals surface area contributed by atoms with E-state index in [1.165, 1.54) is 19.2 Å². The van der Waals surface area contributed by atoms with Gasteiger partial charge in [0, 0.05) is 0 Å². The third kappa shape index (κ3) is 4.31. The molecule has 0 bridgehead atoms. The Morgan fingerprint density at radius 1 is 1.25 bits per heavy atom. The third-order valence-electron chi connectivity index (χ3n) is 1.75. The fourth-order valence-electron chi connectivity index (χ4n) is 1.08. The number of carbonyl (C=O) groups excluding carboxylic acids is 1. The maximum Gasteiger partial charge on any atom is 0.309 e. The SMILES string of the molecule is COC(=O)Cc1ccc(OS(C)(=O)=O)cc1. The quantitative estimate of drug-likeness (QED) is 0.577. The summed E-state index contributed by atoms with van der Waals surface area (Å²) in [7, 11) is -2.20. The average Bonchev–Trinajstić information content (AvgIpc) is 2.18. The molecular formula is C10H12O5S. The van der Waals surface area contributed by atoms with Gasteiger partial charge in [-0.3, -0.25) is 4.79 Å². The number of rotatable bonds is 4. The average molecular weight is 244 g/mol. The predicted octanol–water partition coefficient (Wildman–Crippen LogP) is 0.741. The van der Waals surface area contributed by atoms with Crippen LogP contribution in [-0.4, -0.2) is 27.8 Å². The van der Waals surface area contributed by atoms with Crippen LogP contribution in [0.2, 0.25) is 0 Å². The highest BCUT2D eigenvalue weighted by molar-refractivity contribution is 7.86. The van der Waals surface area contributed by atoms with Gasteiger partial charge < -0.3 is 8.92 Å². The molecule has 0 aliphatic rings. The summed E-state index contributed by atoms with van der Waals surface area (Å²) < 4.78 is 30.8. The molecule has 5 nitrogen and oxygen atoms in total. The molecule has 0 saturated carbocycles. The Kier molecular flexibility index (Phi) is 3.89. The van der Waals surface area contributed by atoms with Gasteiger partial charge in [0.25, 0.3) is 0 Å². The van der Waals surface area contributed by atoms with Crippen molar-refractivity contribution in [3.05, 3.63) is 29.8 Å². The minimum absolute atomic E-state index is 0.148. The Morgan fingerprint density at radius 3 is 2.25 bits per heavy atom. The molecule has 1 aromatic rings. The first-order valence-electron chi connectivity index (χ1n) is 4.46. The van der Waals surface area contributed by atoms with Crippen LogP contribution in [0.25, 0.3) is 0 Å². The van der Waals surface area contributed by atoms with Crippen LogP contribution in [0.4, 0.5) is 0 Å².